The summed E-state index contributed by atoms with van der Waals surface area (Å²) in [6.07, 6.45) is 5.93. The molecule has 0 unspecified atom stereocenters. The minimum Gasteiger partial charge on any atom is -0.480 e. The Morgan fingerprint density at radius 2 is 0.987 bits per heavy atom. The maximum Gasteiger partial charge on any atom is 0.326 e. The second kappa shape index (κ2) is 31.0. The van der Waals surface area contributed by atoms with Crippen molar-refractivity contribution >= 4 is 53.2 Å². The number of nitrogens with zero attached hydrogens (tertiary/aromatic N) is 2. The summed E-state index contributed by atoms with van der Waals surface area (Å²) < 4.78 is 0. The van der Waals surface area contributed by atoms with E-state index in [1.165, 1.54) is 25.0 Å². The van der Waals surface area contributed by atoms with Crippen molar-refractivity contribution in [2.45, 2.75) is 140 Å². The van der Waals surface area contributed by atoms with Crippen molar-refractivity contribution < 1.29 is 48.3 Å². The molecule has 24 heteroatoms. The van der Waals surface area contributed by atoms with E-state index in [0.717, 1.165) is 0 Å². The van der Waals surface area contributed by atoms with Crippen LogP contribution in [0.2, 0.25) is 0 Å². The van der Waals surface area contributed by atoms with E-state index in [-0.39, 0.29) is 63.8 Å². The number of nitrogens with one attached hydrogen (secondary N) is 9. The monoisotopic (exact) mass is 1050 g/mol. The van der Waals surface area contributed by atoms with Crippen LogP contribution < -0.4 is 54.4 Å². The van der Waals surface area contributed by atoms with Gasteiger partial charge in [0.25, 0.3) is 0 Å². The van der Waals surface area contributed by atoms with Crippen LogP contribution >= 0.6 is 0 Å². The molecule has 0 saturated heterocycles. The van der Waals surface area contributed by atoms with Crippen molar-refractivity contribution in [3.05, 3.63) is 108 Å². The first-order valence-corrected chi connectivity index (χ1v) is 25.4. The van der Waals surface area contributed by atoms with Crippen molar-refractivity contribution in [2.24, 2.45) is 29.0 Å². The van der Waals surface area contributed by atoms with Gasteiger partial charge in [0.15, 0.2) is 0 Å². The highest BCUT2D eigenvalue weighted by Gasteiger charge is 2.36. The van der Waals surface area contributed by atoms with Gasteiger partial charge in [0, 0.05) is 55.9 Å². The fraction of sp³-hybridized carbons (Fsp3) is 0.481. The molecule has 0 radical (unpaired) electrons. The average molecular weight is 1060 g/mol. The lowest BCUT2D eigenvalue weighted by Crippen LogP contribution is -2.61. The molecule has 0 saturated carbocycles. The summed E-state index contributed by atoms with van der Waals surface area (Å²) in [5, 5.41) is 28.8. The Bertz CT molecular complexity index is 2490. The molecular formula is C52H74N14O10. The van der Waals surface area contributed by atoms with E-state index in [4.69, 9.17) is 17.2 Å². The summed E-state index contributed by atoms with van der Waals surface area (Å²) in [6, 6.07) is 7.23. The minimum absolute atomic E-state index is 0.0183. The Labute approximate surface area is 441 Å². The van der Waals surface area contributed by atoms with Gasteiger partial charge in [-0.2, -0.15) is 0 Å². The molecular weight excluding hydrogens is 981 g/mol. The third-order valence-corrected chi connectivity index (χ3v) is 12.2. The zero-order chi connectivity index (χ0) is 55.7. The molecule has 4 rings (SSSR count). The van der Waals surface area contributed by atoms with Crippen LogP contribution in [-0.2, 0) is 68.8 Å². The van der Waals surface area contributed by atoms with Gasteiger partial charge < -0.3 is 69.5 Å². The quantitative estimate of drug-likeness (QED) is 0.0263. The van der Waals surface area contributed by atoms with Crippen molar-refractivity contribution in [3.63, 3.8) is 0 Å². The maximum atomic E-state index is 14.3. The number of aromatic nitrogens is 4. The van der Waals surface area contributed by atoms with Gasteiger partial charge in [-0.25, -0.2) is 14.8 Å². The summed E-state index contributed by atoms with van der Waals surface area (Å²) >= 11 is 0. The van der Waals surface area contributed by atoms with Crippen LogP contribution in [0.3, 0.4) is 0 Å². The van der Waals surface area contributed by atoms with Crippen molar-refractivity contribution in [2.75, 3.05) is 6.54 Å². The van der Waals surface area contributed by atoms with Crippen molar-refractivity contribution in [1.29, 1.82) is 0 Å². The number of amides is 8. The second-order valence-corrected chi connectivity index (χ2v) is 19.4. The van der Waals surface area contributed by atoms with E-state index in [0.29, 0.717) is 35.4 Å². The normalized spacial score (nSPS) is 14.4. The van der Waals surface area contributed by atoms with Crippen LogP contribution in [-0.4, -0.2) is 133 Å². The molecule has 412 valence electrons. The number of hydrogen-bond acceptors (Lipinski definition) is 13. The standard InChI is InChI=1S/C52H74N14O10/c1-30(2)21-39(50(73)66-44(31(3)4)51(74)64-40(22-32-13-7-5-8-14-32)48(71)65-42(52(75)76)23-33-15-9-6-10-16-33)63-46(69)37(17-11-12-20-53)60-47(70)38(18-19-43(55)67)61-49(72)41(25-35-27-57-29-59-35)62-45(68)36(54)24-34-26-56-28-58-34/h5-10,13-16,26-31,36-42,44H,11-12,17-25,53-54H2,1-4H3,(H2,55,67)(H,56,58)(H,57,59)(H,60,70)(H,61,72)(H,62,68)(H,63,69)(H,64,74)(H,65,71)(H,66,73)(H,75,76)/t36-,37-,38-,39-,40-,41-,42-,44-/m0/s1. The first kappa shape index (κ1) is 60.6. The fourth-order valence-electron chi connectivity index (χ4n) is 8.10. The topological polar surface area (TPSA) is 393 Å². The summed E-state index contributed by atoms with van der Waals surface area (Å²) in [5.74, 6) is -8.25. The number of unbranched alkanes of at least 4 members (excludes halogenated alkanes) is 1. The van der Waals surface area contributed by atoms with Gasteiger partial charge in [-0.3, -0.25) is 38.4 Å². The third kappa shape index (κ3) is 20.7. The SMILES string of the molecule is CC(C)C[C@H](NC(=O)[C@H](CCCCN)NC(=O)[C@H](CCC(N)=O)NC(=O)[C@H](Cc1cnc[nH]1)NC(=O)[C@@H](N)Cc1cnc[nH]1)C(=O)N[C@H](C(=O)N[C@@H](Cc1ccccc1)C(=O)N[C@@H](Cc1ccccc1)C(=O)O)C(C)C. The predicted molar refractivity (Wildman–Crippen MR) is 280 cm³/mol. The van der Waals surface area contributed by atoms with E-state index < -0.39 is 107 Å². The van der Waals surface area contributed by atoms with E-state index >= 15 is 0 Å². The largest absolute Gasteiger partial charge is 0.480 e. The van der Waals surface area contributed by atoms with Gasteiger partial charge in [0.05, 0.1) is 18.7 Å². The van der Waals surface area contributed by atoms with E-state index in [1.54, 1.807) is 74.5 Å². The van der Waals surface area contributed by atoms with Gasteiger partial charge in [-0.15, -0.1) is 0 Å². The van der Waals surface area contributed by atoms with Crippen LogP contribution in [0.25, 0.3) is 0 Å². The Hall–Kier alpha value is -7.99. The van der Waals surface area contributed by atoms with E-state index in [2.05, 4.69) is 57.2 Å². The summed E-state index contributed by atoms with van der Waals surface area (Å²) in [4.78, 5) is 136. The molecule has 0 aliphatic carbocycles. The van der Waals surface area contributed by atoms with Gasteiger partial charge in [-0.1, -0.05) is 88.4 Å². The van der Waals surface area contributed by atoms with Crippen molar-refractivity contribution in [3.8, 4) is 0 Å². The third-order valence-electron chi connectivity index (χ3n) is 12.2. The summed E-state index contributed by atoms with van der Waals surface area (Å²) in [5.41, 5.74) is 19.8. The van der Waals surface area contributed by atoms with Crippen LogP contribution in [0, 0.1) is 11.8 Å². The number of nitrogens with two attached hydrogens (primary N) is 3. The highest BCUT2D eigenvalue weighted by molar-refractivity contribution is 5.98. The molecule has 4 aromatic rings. The molecule has 0 spiro atoms. The minimum atomic E-state index is -1.46. The van der Waals surface area contributed by atoms with Gasteiger partial charge in [0.1, 0.15) is 42.3 Å². The highest BCUT2D eigenvalue weighted by Crippen LogP contribution is 2.13. The van der Waals surface area contributed by atoms with E-state index in [9.17, 15) is 48.3 Å². The number of carbonyl (C=O) groups excluding carboxylic acids is 8. The Balaban J connectivity index is 1.54. The predicted octanol–water partition coefficient (Wildman–Crippen LogP) is -0.695. The first-order chi connectivity index (χ1) is 36.2. The number of aliphatic carboxylic acids is 1. The smallest absolute Gasteiger partial charge is 0.326 e. The molecule has 0 fully saturated rings. The summed E-state index contributed by atoms with van der Waals surface area (Å²) in [6.45, 7) is 7.24. The number of H-pyrrole nitrogens is 2. The lowest BCUT2D eigenvalue weighted by molar-refractivity contribution is -0.142. The molecule has 0 bridgehead atoms. The number of primary amides is 1. The molecule has 16 N–H and O–H groups in total. The van der Waals surface area contributed by atoms with Crippen LogP contribution in [0.5, 0.6) is 0 Å². The molecule has 24 nitrogen and oxygen atoms in total. The zero-order valence-electron chi connectivity index (χ0n) is 43.4. The number of benzene rings is 2. The number of carboxylic acid groups (broad SMARTS) is 1. The Kier molecular flexibility index (Phi) is 24.7. The molecule has 2 heterocycles. The highest BCUT2D eigenvalue weighted by atomic mass is 16.4. The van der Waals surface area contributed by atoms with Crippen molar-refractivity contribution in [1.82, 2.24) is 57.2 Å². The maximum absolute atomic E-state index is 14.3. The number of hydrogen-bond donors (Lipinski definition) is 13. The first-order valence-electron chi connectivity index (χ1n) is 25.4. The lowest BCUT2D eigenvalue weighted by Gasteiger charge is -2.29. The van der Waals surface area contributed by atoms with Crippen LogP contribution in [0.1, 0.15) is 88.7 Å². The number of rotatable bonds is 33. The Morgan fingerprint density at radius 1 is 0.539 bits per heavy atom. The molecule has 8 atom stereocenters. The number of carboxylic acids is 1. The molecule has 0 aliphatic rings. The molecule has 8 amide bonds. The molecule has 76 heavy (non-hydrogen) atoms. The van der Waals surface area contributed by atoms with Crippen LogP contribution in [0.15, 0.2) is 85.7 Å². The average Bonchev–Trinajstić information content (AvgIpc) is 4.11. The van der Waals surface area contributed by atoms with E-state index in [1.807, 2.05) is 13.8 Å². The Morgan fingerprint density at radius 3 is 1.47 bits per heavy atom. The summed E-state index contributed by atoms with van der Waals surface area (Å²) in [7, 11) is 0. The number of aromatic amines is 2. The fourth-order valence-corrected chi connectivity index (χ4v) is 8.10. The molecule has 2 aromatic carbocycles. The molecule has 2 aromatic heterocycles. The number of carbonyl (C=O) groups is 9. The lowest BCUT2D eigenvalue weighted by atomic mass is 9.98. The molecule has 0 aliphatic heterocycles. The van der Waals surface area contributed by atoms with Gasteiger partial charge in [-0.05, 0) is 61.6 Å². The second-order valence-electron chi connectivity index (χ2n) is 19.4. The van der Waals surface area contributed by atoms with Gasteiger partial charge >= 0.3 is 5.97 Å². The zero-order valence-corrected chi connectivity index (χ0v) is 43.4. The van der Waals surface area contributed by atoms with Crippen LogP contribution in [0.4, 0.5) is 0 Å². The number of imidazole rings is 2. The van der Waals surface area contributed by atoms with Gasteiger partial charge in [0.2, 0.25) is 47.3 Å².